The molecule has 0 fully saturated rings. The fourth-order valence-corrected chi connectivity index (χ4v) is 7.47. The first-order valence-electron chi connectivity index (χ1n) is 15.6. The van der Waals surface area contributed by atoms with Crippen molar-refractivity contribution >= 4 is 33.1 Å². The molecule has 0 N–H and O–H groups in total. The Morgan fingerprint density at radius 2 is 1.40 bits per heavy atom. The van der Waals surface area contributed by atoms with Gasteiger partial charge in [0, 0.05) is 5.69 Å². The lowest BCUT2D eigenvalue weighted by molar-refractivity contribution is 0.567. The number of allylic oxidation sites excluding steroid dienone is 2. The van der Waals surface area contributed by atoms with Crippen LogP contribution in [0, 0.1) is 6.92 Å². The van der Waals surface area contributed by atoms with E-state index in [4.69, 9.17) is 4.99 Å². The summed E-state index contributed by atoms with van der Waals surface area (Å²) < 4.78 is 0. The van der Waals surface area contributed by atoms with E-state index in [1.807, 2.05) is 0 Å². The first kappa shape index (κ1) is 25.3. The minimum absolute atomic E-state index is 0.262. The zero-order chi connectivity index (χ0) is 28.0. The Kier molecular flexibility index (Phi) is 6.29. The first-order valence-corrected chi connectivity index (χ1v) is 15.6. The van der Waals surface area contributed by atoms with Gasteiger partial charge in [0.05, 0.1) is 12.1 Å². The molecule has 0 bridgehead atoms. The summed E-state index contributed by atoms with van der Waals surface area (Å²) in [5.41, 5.74) is 9.15. The molecule has 8 rings (SSSR count). The number of aryl methyl sites for hydroxylation is 1. The van der Waals surface area contributed by atoms with Crippen LogP contribution >= 0.6 is 0 Å². The second-order valence-corrected chi connectivity index (χ2v) is 12.1. The van der Waals surface area contributed by atoms with Crippen LogP contribution in [0.2, 0.25) is 0 Å². The van der Waals surface area contributed by atoms with Crippen molar-refractivity contribution in [1.82, 2.24) is 0 Å². The van der Waals surface area contributed by atoms with Crippen LogP contribution in [-0.4, -0.2) is 17.9 Å². The highest BCUT2D eigenvalue weighted by molar-refractivity contribution is 6.21. The summed E-state index contributed by atoms with van der Waals surface area (Å²) in [5.74, 6) is 1.21. The van der Waals surface area contributed by atoms with Gasteiger partial charge >= 0.3 is 0 Å². The molecular formula is C40H36N2. The molecule has 3 aliphatic rings. The number of aliphatic imine (C=N–C) groups is 1. The standard InChI is InChI=1S/C40H36N2/c1-27-20-25-34-35(26-27)39(33-17-9-8-16-32(33)38(34)28-12-4-2-5-13-28)29-21-23-31(24-22-29)42-37-19-11-10-18-36(37)41-40(42)30-14-6-3-7-15-30/h2,4-5,8-10,12-14,16-18,20-26,36-37H,3,6-7,11,15,19H2,1H3. The van der Waals surface area contributed by atoms with E-state index in [0.717, 1.165) is 19.3 Å². The highest BCUT2D eigenvalue weighted by atomic mass is 15.3. The van der Waals surface area contributed by atoms with Crippen LogP contribution in [0.4, 0.5) is 5.69 Å². The molecule has 1 heterocycles. The van der Waals surface area contributed by atoms with Gasteiger partial charge < -0.3 is 4.90 Å². The van der Waals surface area contributed by atoms with Gasteiger partial charge in [-0.05, 0) is 107 Å². The number of hydrogen-bond acceptors (Lipinski definition) is 2. The molecule has 0 radical (unpaired) electrons. The molecule has 206 valence electrons. The normalized spacial score (nSPS) is 20.1. The third-order valence-corrected chi connectivity index (χ3v) is 9.44. The largest absolute Gasteiger partial charge is 0.321 e. The number of amidine groups is 1. The maximum Gasteiger partial charge on any atom is 0.131 e. The topological polar surface area (TPSA) is 15.6 Å². The second kappa shape index (κ2) is 10.4. The number of nitrogens with zero attached hydrogens (tertiary/aromatic N) is 2. The smallest absolute Gasteiger partial charge is 0.131 e. The monoisotopic (exact) mass is 544 g/mol. The summed E-state index contributed by atoms with van der Waals surface area (Å²) >= 11 is 0. The molecule has 2 nitrogen and oxygen atoms in total. The van der Waals surface area contributed by atoms with Crippen LogP contribution < -0.4 is 4.90 Å². The molecule has 2 aliphatic carbocycles. The summed E-state index contributed by atoms with van der Waals surface area (Å²) in [7, 11) is 0. The van der Waals surface area contributed by atoms with Crippen LogP contribution in [0.25, 0.3) is 43.8 Å². The van der Waals surface area contributed by atoms with Gasteiger partial charge in [-0.3, -0.25) is 4.99 Å². The Labute approximate surface area is 248 Å². The number of anilines is 1. The van der Waals surface area contributed by atoms with E-state index in [2.05, 4.69) is 127 Å². The molecule has 0 amide bonds. The van der Waals surface area contributed by atoms with E-state index in [0.29, 0.717) is 6.04 Å². The number of hydrogen-bond donors (Lipinski definition) is 0. The van der Waals surface area contributed by atoms with E-state index in [-0.39, 0.29) is 6.04 Å². The lowest BCUT2D eigenvalue weighted by Crippen LogP contribution is -2.41. The Balaban J connectivity index is 1.29. The summed E-state index contributed by atoms with van der Waals surface area (Å²) in [6.45, 7) is 2.20. The average molecular weight is 545 g/mol. The second-order valence-electron chi connectivity index (χ2n) is 12.1. The first-order chi connectivity index (χ1) is 20.8. The van der Waals surface area contributed by atoms with Gasteiger partial charge in [0.2, 0.25) is 0 Å². The van der Waals surface area contributed by atoms with Crippen molar-refractivity contribution in [2.45, 2.75) is 57.5 Å². The molecule has 1 aliphatic heterocycles. The zero-order valence-electron chi connectivity index (χ0n) is 24.3. The summed E-state index contributed by atoms with van der Waals surface area (Å²) in [5, 5.41) is 5.22. The molecule has 0 saturated carbocycles. The average Bonchev–Trinajstić information content (AvgIpc) is 3.44. The molecule has 0 saturated heterocycles. The Morgan fingerprint density at radius 1 is 0.690 bits per heavy atom. The lowest BCUT2D eigenvalue weighted by atomic mass is 9.85. The summed E-state index contributed by atoms with van der Waals surface area (Å²) in [4.78, 5) is 7.85. The molecule has 0 spiro atoms. The fraction of sp³-hybridized carbons (Fsp3) is 0.225. The van der Waals surface area contributed by atoms with Crippen molar-refractivity contribution in [3.05, 3.63) is 126 Å². The van der Waals surface area contributed by atoms with Crippen molar-refractivity contribution < 1.29 is 0 Å². The van der Waals surface area contributed by atoms with Crippen molar-refractivity contribution in [3.8, 4) is 22.3 Å². The van der Waals surface area contributed by atoms with Crippen LogP contribution in [0.5, 0.6) is 0 Å². The molecular weight excluding hydrogens is 508 g/mol. The number of benzene rings is 5. The molecule has 0 aromatic heterocycles. The SMILES string of the molecule is Cc1ccc2c(-c3ccccc3)c3ccccc3c(-c3ccc(N4C(C5=CCCCC5)=NC5C=CCCC54)cc3)c2c1. The molecule has 2 heteroatoms. The molecule has 2 unspecified atom stereocenters. The minimum Gasteiger partial charge on any atom is -0.321 e. The van der Waals surface area contributed by atoms with Gasteiger partial charge in [0.15, 0.2) is 0 Å². The summed E-state index contributed by atoms with van der Waals surface area (Å²) in [6.07, 6.45) is 14.2. The van der Waals surface area contributed by atoms with Crippen molar-refractivity contribution in [3.63, 3.8) is 0 Å². The Hall–Kier alpha value is -4.43. The zero-order valence-corrected chi connectivity index (χ0v) is 24.3. The molecule has 5 aromatic carbocycles. The molecule has 42 heavy (non-hydrogen) atoms. The highest BCUT2D eigenvalue weighted by Gasteiger charge is 2.38. The van der Waals surface area contributed by atoms with Crippen LogP contribution in [0.3, 0.4) is 0 Å². The minimum atomic E-state index is 0.262. The number of rotatable bonds is 4. The predicted octanol–water partition coefficient (Wildman–Crippen LogP) is 10.4. The fourth-order valence-electron chi connectivity index (χ4n) is 7.47. The van der Waals surface area contributed by atoms with Crippen molar-refractivity contribution in [2.24, 2.45) is 4.99 Å². The number of fused-ring (bicyclic) bond motifs is 3. The van der Waals surface area contributed by atoms with E-state index in [1.54, 1.807) is 0 Å². The van der Waals surface area contributed by atoms with E-state index >= 15 is 0 Å². The third kappa shape index (κ3) is 4.20. The van der Waals surface area contributed by atoms with Gasteiger partial charge in [0.1, 0.15) is 5.84 Å². The summed E-state index contributed by atoms with van der Waals surface area (Å²) in [6, 6.07) is 36.8. The highest BCUT2D eigenvalue weighted by Crippen LogP contribution is 2.44. The van der Waals surface area contributed by atoms with Crippen molar-refractivity contribution in [1.29, 1.82) is 0 Å². The predicted molar refractivity (Wildman–Crippen MR) is 179 cm³/mol. The Morgan fingerprint density at radius 3 is 2.17 bits per heavy atom. The van der Waals surface area contributed by atoms with Crippen LogP contribution in [-0.2, 0) is 0 Å². The van der Waals surface area contributed by atoms with Gasteiger partial charge in [-0.25, -0.2) is 0 Å². The Bertz CT molecular complexity index is 1890. The maximum atomic E-state index is 5.29. The van der Waals surface area contributed by atoms with Crippen LogP contribution in [0.1, 0.15) is 44.1 Å². The molecule has 2 atom stereocenters. The lowest BCUT2D eigenvalue weighted by Gasteiger charge is -2.32. The van der Waals surface area contributed by atoms with Gasteiger partial charge in [0.25, 0.3) is 0 Å². The van der Waals surface area contributed by atoms with Gasteiger partial charge in [-0.1, -0.05) is 109 Å². The van der Waals surface area contributed by atoms with E-state index in [9.17, 15) is 0 Å². The molecule has 5 aromatic rings. The van der Waals surface area contributed by atoms with E-state index < -0.39 is 0 Å². The third-order valence-electron chi connectivity index (χ3n) is 9.44. The van der Waals surface area contributed by atoms with Crippen molar-refractivity contribution in [2.75, 3.05) is 4.90 Å². The van der Waals surface area contributed by atoms with Gasteiger partial charge in [-0.15, -0.1) is 0 Å². The quantitative estimate of drug-likeness (QED) is 0.162. The van der Waals surface area contributed by atoms with Gasteiger partial charge in [-0.2, -0.15) is 0 Å². The van der Waals surface area contributed by atoms with E-state index in [1.165, 1.54) is 85.7 Å². The van der Waals surface area contributed by atoms with Crippen LogP contribution in [0.15, 0.2) is 126 Å². The maximum absolute atomic E-state index is 5.29.